The van der Waals surface area contributed by atoms with Crippen molar-refractivity contribution in [2.75, 3.05) is 20.3 Å². The Labute approximate surface area is 93.4 Å². The monoisotopic (exact) mass is 215 g/mol. The maximum Gasteiger partial charge on any atom is 0.0589 e. The van der Waals surface area contributed by atoms with Crippen LogP contribution in [0.1, 0.15) is 39.5 Å². The van der Waals surface area contributed by atoms with Crippen molar-refractivity contribution in [3.8, 4) is 0 Å². The van der Waals surface area contributed by atoms with Gasteiger partial charge in [0.15, 0.2) is 0 Å². The van der Waals surface area contributed by atoms with Gasteiger partial charge in [-0.3, -0.25) is 4.90 Å². The predicted molar refractivity (Wildman–Crippen MR) is 62.0 cm³/mol. The number of rotatable bonds is 6. The number of hydrogen-bond acceptors (Lipinski definition) is 3. The minimum Gasteiger partial charge on any atom is -0.393 e. The van der Waals surface area contributed by atoms with Gasteiger partial charge in [-0.15, -0.1) is 0 Å². The molecule has 1 rings (SSSR count). The first-order chi connectivity index (χ1) is 7.19. The Morgan fingerprint density at radius 1 is 1.47 bits per heavy atom. The number of aliphatic hydroxyl groups excluding tert-OH is 1. The lowest BCUT2D eigenvalue weighted by atomic mass is 10.1. The van der Waals surface area contributed by atoms with Crippen LogP contribution in [0, 0.1) is 0 Å². The first kappa shape index (κ1) is 12.9. The van der Waals surface area contributed by atoms with Gasteiger partial charge in [0, 0.05) is 25.7 Å². The number of aliphatic hydroxyl groups is 1. The lowest BCUT2D eigenvalue weighted by molar-refractivity contribution is 0.0815. The third-order valence-corrected chi connectivity index (χ3v) is 3.56. The fourth-order valence-electron chi connectivity index (χ4n) is 2.43. The van der Waals surface area contributed by atoms with E-state index in [1.54, 1.807) is 7.11 Å². The molecule has 0 radical (unpaired) electrons. The standard InChI is InChI=1S/C12H25NO2/c1-4-10(2)13(7-8-15-3)11-5-6-12(14)9-11/h10-12,14H,4-9H2,1-3H3. The number of nitrogens with zero attached hydrogens (tertiary/aromatic N) is 1. The molecular weight excluding hydrogens is 190 g/mol. The van der Waals surface area contributed by atoms with Crippen LogP contribution in [0.25, 0.3) is 0 Å². The molecule has 1 aliphatic carbocycles. The first-order valence-electron chi connectivity index (χ1n) is 6.11. The number of methoxy groups -OCH3 is 1. The van der Waals surface area contributed by atoms with Crippen molar-refractivity contribution in [3.63, 3.8) is 0 Å². The summed E-state index contributed by atoms with van der Waals surface area (Å²) in [5, 5.41) is 9.57. The molecule has 0 aromatic rings. The molecule has 0 heterocycles. The van der Waals surface area contributed by atoms with E-state index in [0.717, 1.165) is 38.8 Å². The highest BCUT2D eigenvalue weighted by Crippen LogP contribution is 2.26. The van der Waals surface area contributed by atoms with Crippen molar-refractivity contribution in [2.24, 2.45) is 0 Å². The van der Waals surface area contributed by atoms with E-state index < -0.39 is 0 Å². The van der Waals surface area contributed by atoms with E-state index >= 15 is 0 Å². The first-order valence-corrected chi connectivity index (χ1v) is 6.11. The van der Waals surface area contributed by atoms with Crippen molar-refractivity contribution in [2.45, 2.75) is 57.7 Å². The van der Waals surface area contributed by atoms with Crippen LogP contribution in [0.3, 0.4) is 0 Å². The molecule has 1 saturated carbocycles. The van der Waals surface area contributed by atoms with Crippen LogP contribution < -0.4 is 0 Å². The van der Waals surface area contributed by atoms with Crippen molar-refractivity contribution >= 4 is 0 Å². The fraction of sp³-hybridized carbons (Fsp3) is 1.00. The molecular formula is C12H25NO2. The highest BCUT2D eigenvalue weighted by molar-refractivity contribution is 4.84. The quantitative estimate of drug-likeness (QED) is 0.731. The second-order valence-electron chi connectivity index (χ2n) is 4.61. The molecule has 15 heavy (non-hydrogen) atoms. The third-order valence-electron chi connectivity index (χ3n) is 3.56. The van der Waals surface area contributed by atoms with Crippen molar-refractivity contribution in [1.82, 2.24) is 4.90 Å². The summed E-state index contributed by atoms with van der Waals surface area (Å²) < 4.78 is 5.15. The zero-order valence-electron chi connectivity index (χ0n) is 10.3. The zero-order valence-corrected chi connectivity index (χ0v) is 10.3. The van der Waals surface area contributed by atoms with E-state index in [-0.39, 0.29) is 6.10 Å². The van der Waals surface area contributed by atoms with Crippen LogP contribution in [-0.2, 0) is 4.74 Å². The topological polar surface area (TPSA) is 32.7 Å². The second kappa shape index (κ2) is 6.46. The van der Waals surface area contributed by atoms with E-state index in [1.165, 1.54) is 0 Å². The third kappa shape index (κ3) is 3.74. The molecule has 0 aliphatic heterocycles. The van der Waals surface area contributed by atoms with Gasteiger partial charge in [0.05, 0.1) is 12.7 Å². The number of hydrogen-bond donors (Lipinski definition) is 1. The van der Waals surface area contributed by atoms with Crippen molar-refractivity contribution < 1.29 is 9.84 Å². The molecule has 1 fully saturated rings. The van der Waals surface area contributed by atoms with Crippen LogP contribution in [0.2, 0.25) is 0 Å². The largest absolute Gasteiger partial charge is 0.393 e. The average Bonchev–Trinajstić information content (AvgIpc) is 2.65. The van der Waals surface area contributed by atoms with E-state index in [0.29, 0.717) is 12.1 Å². The molecule has 3 heteroatoms. The lowest BCUT2D eigenvalue weighted by Gasteiger charge is -2.33. The molecule has 1 N–H and O–H groups in total. The van der Waals surface area contributed by atoms with Gasteiger partial charge in [-0.1, -0.05) is 6.92 Å². The van der Waals surface area contributed by atoms with Crippen LogP contribution in [0.4, 0.5) is 0 Å². The minimum absolute atomic E-state index is 0.0795. The minimum atomic E-state index is -0.0795. The normalized spacial score (nSPS) is 28.6. The van der Waals surface area contributed by atoms with Crippen molar-refractivity contribution in [1.29, 1.82) is 0 Å². The molecule has 0 bridgehead atoms. The molecule has 0 amide bonds. The van der Waals surface area contributed by atoms with Crippen LogP contribution in [-0.4, -0.2) is 48.5 Å². The maximum absolute atomic E-state index is 9.57. The zero-order chi connectivity index (χ0) is 11.3. The molecule has 0 aromatic heterocycles. The summed E-state index contributed by atoms with van der Waals surface area (Å²) in [5.41, 5.74) is 0. The molecule has 0 saturated heterocycles. The Balaban J connectivity index is 2.47. The average molecular weight is 215 g/mol. The fourth-order valence-corrected chi connectivity index (χ4v) is 2.43. The summed E-state index contributed by atoms with van der Waals surface area (Å²) in [6.07, 6.45) is 4.12. The van der Waals surface area contributed by atoms with Crippen LogP contribution in [0.15, 0.2) is 0 Å². The maximum atomic E-state index is 9.57. The highest BCUT2D eigenvalue weighted by Gasteiger charge is 2.29. The van der Waals surface area contributed by atoms with Gasteiger partial charge in [-0.05, 0) is 32.6 Å². The SMILES string of the molecule is CCC(C)N(CCOC)C1CCC(O)C1. The van der Waals surface area contributed by atoms with Crippen LogP contribution >= 0.6 is 0 Å². The van der Waals surface area contributed by atoms with E-state index in [1.807, 2.05) is 0 Å². The van der Waals surface area contributed by atoms with Gasteiger partial charge in [-0.2, -0.15) is 0 Å². The molecule has 0 spiro atoms. The summed E-state index contributed by atoms with van der Waals surface area (Å²) in [5.74, 6) is 0. The smallest absolute Gasteiger partial charge is 0.0589 e. The number of ether oxygens (including phenoxy) is 1. The Morgan fingerprint density at radius 3 is 2.67 bits per heavy atom. The molecule has 90 valence electrons. The Hall–Kier alpha value is -0.120. The summed E-state index contributed by atoms with van der Waals surface area (Å²) in [6, 6.07) is 1.15. The molecule has 0 aromatic carbocycles. The van der Waals surface area contributed by atoms with E-state index in [4.69, 9.17) is 4.74 Å². The van der Waals surface area contributed by atoms with Gasteiger partial charge >= 0.3 is 0 Å². The van der Waals surface area contributed by atoms with E-state index in [9.17, 15) is 5.11 Å². The molecule has 1 aliphatic rings. The van der Waals surface area contributed by atoms with Gasteiger partial charge in [0.25, 0.3) is 0 Å². The Bertz CT molecular complexity index is 175. The van der Waals surface area contributed by atoms with Crippen molar-refractivity contribution in [3.05, 3.63) is 0 Å². The Morgan fingerprint density at radius 2 is 2.20 bits per heavy atom. The highest BCUT2D eigenvalue weighted by atomic mass is 16.5. The predicted octanol–water partition coefficient (Wildman–Crippen LogP) is 1.65. The van der Waals surface area contributed by atoms with Gasteiger partial charge in [0.1, 0.15) is 0 Å². The Kier molecular flexibility index (Phi) is 5.58. The second-order valence-corrected chi connectivity index (χ2v) is 4.61. The van der Waals surface area contributed by atoms with Gasteiger partial charge in [-0.25, -0.2) is 0 Å². The lowest BCUT2D eigenvalue weighted by Crippen LogP contribution is -2.42. The molecule has 3 atom stereocenters. The molecule has 3 unspecified atom stereocenters. The summed E-state index contributed by atoms with van der Waals surface area (Å²) >= 11 is 0. The van der Waals surface area contributed by atoms with E-state index in [2.05, 4.69) is 18.7 Å². The summed E-state index contributed by atoms with van der Waals surface area (Å²) in [4.78, 5) is 2.50. The summed E-state index contributed by atoms with van der Waals surface area (Å²) in [7, 11) is 1.75. The van der Waals surface area contributed by atoms with Gasteiger partial charge in [0.2, 0.25) is 0 Å². The summed E-state index contributed by atoms with van der Waals surface area (Å²) in [6.45, 7) is 6.26. The van der Waals surface area contributed by atoms with Gasteiger partial charge < -0.3 is 9.84 Å². The van der Waals surface area contributed by atoms with Crippen LogP contribution in [0.5, 0.6) is 0 Å². The molecule has 3 nitrogen and oxygen atoms in total.